The highest BCUT2D eigenvalue weighted by Crippen LogP contribution is 2.47. The Bertz CT molecular complexity index is 741. The van der Waals surface area contributed by atoms with E-state index in [1.807, 2.05) is 23.7 Å². The van der Waals surface area contributed by atoms with Crippen LogP contribution in [0.15, 0.2) is 58.3 Å². The average molecular weight is 368 g/mol. The highest BCUT2D eigenvalue weighted by molar-refractivity contribution is 7.99. The third-order valence-electron chi connectivity index (χ3n) is 5.34. The number of piperidine rings is 1. The molecule has 5 heteroatoms. The van der Waals surface area contributed by atoms with Gasteiger partial charge in [-0.05, 0) is 44.2 Å². The number of amides is 1. The standard InChI is InChI=1S/C21H25N3OS/c1-22-16-10-13-23(14-11-16)21(25)12-15-24-17-6-2-4-8-19(17)26-20-9-5-3-7-18(20)24/h2-9,16,22H,10-15H2,1H3. The first-order valence-corrected chi connectivity index (χ1v) is 10.2. The van der Waals surface area contributed by atoms with Crippen molar-refractivity contribution in [2.24, 2.45) is 0 Å². The molecule has 1 fully saturated rings. The van der Waals surface area contributed by atoms with Crippen LogP contribution in [0.4, 0.5) is 11.4 Å². The number of nitrogens with zero attached hydrogens (tertiary/aromatic N) is 2. The Balaban J connectivity index is 1.47. The summed E-state index contributed by atoms with van der Waals surface area (Å²) in [5.74, 6) is 0.271. The molecule has 136 valence electrons. The fraction of sp³-hybridized carbons (Fsp3) is 0.381. The van der Waals surface area contributed by atoms with Crippen molar-refractivity contribution in [2.75, 3.05) is 31.6 Å². The van der Waals surface area contributed by atoms with E-state index in [2.05, 4.69) is 58.7 Å². The zero-order chi connectivity index (χ0) is 17.9. The van der Waals surface area contributed by atoms with Crippen molar-refractivity contribution in [3.8, 4) is 0 Å². The summed E-state index contributed by atoms with van der Waals surface area (Å²) in [7, 11) is 2.01. The minimum atomic E-state index is 0.271. The Morgan fingerprint density at radius 1 is 1.04 bits per heavy atom. The van der Waals surface area contributed by atoms with Crippen LogP contribution in [0.25, 0.3) is 0 Å². The van der Waals surface area contributed by atoms with E-state index >= 15 is 0 Å². The SMILES string of the molecule is CNC1CCN(C(=O)CCN2c3ccccc3Sc3ccccc32)CC1. The number of nitrogens with one attached hydrogen (secondary N) is 1. The molecule has 1 saturated heterocycles. The van der Waals surface area contributed by atoms with Crippen molar-refractivity contribution in [3.05, 3.63) is 48.5 Å². The molecule has 4 nitrogen and oxygen atoms in total. The van der Waals surface area contributed by atoms with Crippen LogP contribution < -0.4 is 10.2 Å². The van der Waals surface area contributed by atoms with Crippen LogP contribution in [0, 0.1) is 0 Å². The van der Waals surface area contributed by atoms with Gasteiger partial charge in [-0.2, -0.15) is 0 Å². The van der Waals surface area contributed by atoms with Gasteiger partial charge >= 0.3 is 0 Å². The minimum absolute atomic E-state index is 0.271. The molecule has 1 N–H and O–H groups in total. The van der Waals surface area contributed by atoms with Gasteiger partial charge < -0.3 is 15.1 Å². The number of hydrogen-bond donors (Lipinski definition) is 1. The first-order chi connectivity index (χ1) is 12.8. The van der Waals surface area contributed by atoms with Crippen molar-refractivity contribution in [2.45, 2.75) is 35.1 Å². The van der Waals surface area contributed by atoms with Crippen LogP contribution >= 0.6 is 11.8 Å². The lowest BCUT2D eigenvalue weighted by Crippen LogP contribution is -2.44. The van der Waals surface area contributed by atoms with Crippen molar-refractivity contribution < 1.29 is 4.79 Å². The van der Waals surface area contributed by atoms with Crippen LogP contribution in [0.2, 0.25) is 0 Å². The quantitative estimate of drug-likeness (QED) is 0.889. The molecule has 0 aliphatic carbocycles. The predicted octanol–water partition coefficient (Wildman–Crippen LogP) is 3.89. The van der Waals surface area contributed by atoms with E-state index in [-0.39, 0.29) is 5.91 Å². The molecular weight excluding hydrogens is 342 g/mol. The lowest BCUT2D eigenvalue weighted by atomic mass is 10.0. The highest BCUT2D eigenvalue weighted by atomic mass is 32.2. The van der Waals surface area contributed by atoms with Crippen LogP contribution in [0.5, 0.6) is 0 Å². The fourth-order valence-corrected chi connectivity index (χ4v) is 4.90. The van der Waals surface area contributed by atoms with Crippen LogP contribution in [0.3, 0.4) is 0 Å². The Kier molecular flexibility index (Phi) is 5.18. The van der Waals surface area contributed by atoms with Gasteiger partial charge in [0.15, 0.2) is 0 Å². The van der Waals surface area contributed by atoms with Gasteiger partial charge in [0.05, 0.1) is 11.4 Å². The monoisotopic (exact) mass is 367 g/mol. The maximum atomic E-state index is 12.7. The van der Waals surface area contributed by atoms with Crippen molar-refractivity contribution >= 4 is 29.0 Å². The van der Waals surface area contributed by atoms with Crippen molar-refractivity contribution in [1.82, 2.24) is 10.2 Å². The van der Waals surface area contributed by atoms with Crippen LogP contribution in [0.1, 0.15) is 19.3 Å². The summed E-state index contributed by atoms with van der Waals surface area (Å²) in [6.07, 6.45) is 2.65. The molecule has 2 heterocycles. The van der Waals surface area contributed by atoms with Crippen molar-refractivity contribution in [1.29, 1.82) is 0 Å². The number of hydrogen-bond acceptors (Lipinski definition) is 4. The van der Waals surface area contributed by atoms with E-state index in [0.717, 1.165) is 32.5 Å². The molecule has 26 heavy (non-hydrogen) atoms. The van der Waals surface area contributed by atoms with Gasteiger partial charge in [-0.15, -0.1) is 0 Å². The van der Waals surface area contributed by atoms with Gasteiger partial charge in [0, 0.05) is 41.9 Å². The second-order valence-corrected chi connectivity index (χ2v) is 7.97. The van der Waals surface area contributed by atoms with Gasteiger partial charge in [0.25, 0.3) is 0 Å². The normalized spacial score (nSPS) is 17.0. The molecular formula is C21H25N3OS. The maximum absolute atomic E-state index is 12.7. The zero-order valence-corrected chi connectivity index (χ0v) is 16.0. The summed E-state index contributed by atoms with van der Waals surface area (Å²) in [5, 5.41) is 3.32. The zero-order valence-electron chi connectivity index (χ0n) is 15.1. The summed E-state index contributed by atoms with van der Waals surface area (Å²) in [4.78, 5) is 19.6. The largest absolute Gasteiger partial charge is 0.343 e. The number of benzene rings is 2. The molecule has 0 spiro atoms. The lowest BCUT2D eigenvalue weighted by Gasteiger charge is -2.35. The van der Waals surface area contributed by atoms with E-state index in [0.29, 0.717) is 12.5 Å². The molecule has 1 amide bonds. The Hall–Kier alpha value is -1.98. The summed E-state index contributed by atoms with van der Waals surface area (Å²) < 4.78 is 0. The van der Waals surface area contributed by atoms with Gasteiger partial charge in [-0.25, -0.2) is 0 Å². The number of rotatable bonds is 4. The molecule has 2 aliphatic rings. The first kappa shape index (κ1) is 17.4. The molecule has 0 radical (unpaired) electrons. The Morgan fingerprint density at radius 3 is 2.19 bits per heavy atom. The van der Waals surface area contributed by atoms with E-state index in [4.69, 9.17) is 0 Å². The lowest BCUT2D eigenvalue weighted by molar-refractivity contribution is -0.132. The Labute approximate surface area is 159 Å². The molecule has 0 aromatic heterocycles. The molecule has 2 aliphatic heterocycles. The second kappa shape index (κ2) is 7.72. The number of carbonyl (C=O) groups excluding carboxylic acids is 1. The second-order valence-electron chi connectivity index (χ2n) is 6.88. The fourth-order valence-electron chi connectivity index (χ4n) is 3.81. The molecule has 0 atom stereocenters. The predicted molar refractivity (Wildman–Crippen MR) is 107 cm³/mol. The Morgan fingerprint density at radius 2 is 1.62 bits per heavy atom. The van der Waals surface area contributed by atoms with E-state index in [1.165, 1.54) is 21.2 Å². The number of fused-ring (bicyclic) bond motifs is 2. The molecule has 2 aromatic carbocycles. The number of anilines is 2. The van der Waals surface area contributed by atoms with E-state index in [9.17, 15) is 4.79 Å². The van der Waals surface area contributed by atoms with Gasteiger partial charge in [0.2, 0.25) is 5.91 Å². The molecule has 4 rings (SSSR count). The van der Waals surface area contributed by atoms with Crippen LogP contribution in [-0.4, -0.2) is 43.5 Å². The summed E-state index contributed by atoms with van der Waals surface area (Å²) in [6.45, 7) is 2.46. The number of carbonyl (C=O) groups is 1. The molecule has 0 unspecified atom stereocenters. The summed E-state index contributed by atoms with van der Waals surface area (Å²) in [5.41, 5.74) is 2.41. The van der Waals surface area contributed by atoms with Gasteiger partial charge in [-0.1, -0.05) is 36.0 Å². The van der Waals surface area contributed by atoms with E-state index < -0.39 is 0 Å². The third-order valence-corrected chi connectivity index (χ3v) is 6.47. The topological polar surface area (TPSA) is 35.6 Å². The molecule has 0 bridgehead atoms. The number of likely N-dealkylation sites (tertiary alicyclic amines) is 1. The van der Waals surface area contributed by atoms with Crippen LogP contribution in [-0.2, 0) is 4.79 Å². The maximum Gasteiger partial charge on any atom is 0.224 e. The van der Waals surface area contributed by atoms with E-state index in [1.54, 1.807) is 0 Å². The van der Waals surface area contributed by atoms with Crippen molar-refractivity contribution in [3.63, 3.8) is 0 Å². The summed E-state index contributed by atoms with van der Waals surface area (Å²) >= 11 is 1.81. The van der Waals surface area contributed by atoms with Gasteiger partial charge in [-0.3, -0.25) is 4.79 Å². The minimum Gasteiger partial charge on any atom is -0.343 e. The summed E-state index contributed by atoms with van der Waals surface area (Å²) in [6, 6.07) is 17.5. The smallest absolute Gasteiger partial charge is 0.224 e. The first-order valence-electron chi connectivity index (χ1n) is 9.35. The third kappa shape index (κ3) is 3.46. The average Bonchev–Trinajstić information content (AvgIpc) is 2.71. The molecule has 0 saturated carbocycles. The highest BCUT2D eigenvalue weighted by Gasteiger charge is 2.25. The molecule has 2 aromatic rings. The van der Waals surface area contributed by atoms with Gasteiger partial charge in [0.1, 0.15) is 0 Å². The number of para-hydroxylation sites is 2.